The number of hydrogen-bond acceptors (Lipinski definition) is 4. The number of alkyl halides is 2. The zero-order valence-corrected chi connectivity index (χ0v) is 16.2. The molecule has 5 nitrogen and oxygen atoms in total. The van der Waals surface area contributed by atoms with Crippen molar-refractivity contribution >= 4 is 29.1 Å². The highest BCUT2D eigenvalue weighted by Gasteiger charge is 2.70. The van der Waals surface area contributed by atoms with Crippen LogP contribution in [0, 0.1) is 22.7 Å². The summed E-state index contributed by atoms with van der Waals surface area (Å²) in [4.78, 5) is 26.2. The summed E-state index contributed by atoms with van der Waals surface area (Å²) in [5.41, 5.74) is -0.683. The number of methoxy groups -OCH3 is 1. The molecule has 1 amide bonds. The quantitative estimate of drug-likeness (QED) is 0.602. The van der Waals surface area contributed by atoms with Crippen LogP contribution in [0.2, 0.25) is 0 Å². The molecule has 2 aliphatic rings. The molecule has 142 valence electrons. The van der Waals surface area contributed by atoms with E-state index in [4.69, 9.17) is 4.74 Å². The van der Waals surface area contributed by atoms with Crippen LogP contribution in [0.1, 0.15) is 34.6 Å². The number of halogens is 2. The van der Waals surface area contributed by atoms with Crippen molar-refractivity contribution in [2.24, 2.45) is 22.7 Å². The van der Waals surface area contributed by atoms with E-state index >= 15 is 0 Å². The molecule has 0 spiro atoms. The Balaban J connectivity index is 2.26. The molecule has 1 saturated carbocycles. The first kappa shape index (κ1) is 20.0. The lowest BCUT2D eigenvalue weighted by Gasteiger charge is -2.37. The zero-order valence-electron chi connectivity index (χ0n) is 15.4. The number of hydrogen-bond donors (Lipinski definition) is 1. The van der Waals surface area contributed by atoms with E-state index in [9.17, 15) is 18.4 Å². The normalized spacial score (nSPS) is 28.4. The number of thiocarbonyl (C=S) groups is 1. The van der Waals surface area contributed by atoms with E-state index in [0.717, 1.165) is 0 Å². The molecule has 0 aromatic heterocycles. The number of carbonyl (C=O) groups is 2. The number of piperidine rings is 1. The van der Waals surface area contributed by atoms with Crippen LogP contribution in [-0.2, 0) is 14.3 Å². The minimum Gasteiger partial charge on any atom is -0.467 e. The van der Waals surface area contributed by atoms with Crippen molar-refractivity contribution in [2.75, 3.05) is 13.7 Å². The van der Waals surface area contributed by atoms with Gasteiger partial charge in [-0.25, -0.2) is 13.6 Å². The first-order chi connectivity index (χ1) is 11.3. The van der Waals surface area contributed by atoms with E-state index in [1.165, 1.54) is 12.0 Å². The van der Waals surface area contributed by atoms with Crippen molar-refractivity contribution in [3.8, 4) is 0 Å². The molecule has 2 fully saturated rings. The lowest BCUT2D eigenvalue weighted by Crippen LogP contribution is -2.58. The number of likely N-dealkylation sites (tertiary alicyclic amines) is 1. The van der Waals surface area contributed by atoms with E-state index in [-0.39, 0.29) is 17.3 Å². The predicted octanol–water partition coefficient (Wildman–Crippen LogP) is 2.24. The van der Waals surface area contributed by atoms with Gasteiger partial charge < -0.3 is 15.0 Å². The van der Waals surface area contributed by atoms with Crippen LogP contribution in [0.25, 0.3) is 0 Å². The fourth-order valence-electron chi connectivity index (χ4n) is 3.92. The summed E-state index contributed by atoms with van der Waals surface area (Å²) in [6.07, 6.45) is -2.84. The number of nitrogens with zero attached hydrogens (tertiary/aromatic N) is 1. The molecule has 0 unspecified atom stereocenters. The maximum Gasteiger partial charge on any atom is 0.328 e. The van der Waals surface area contributed by atoms with Gasteiger partial charge in [0.1, 0.15) is 17.1 Å². The number of rotatable bonds is 4. The zero-order chi connectivity index (χ0) is 19.3. The second-order valence-electron chi connectivity index (χ2n) is 8.52. The van der Waals surface area contributed by atoms with Crippen molar-refractivity contribution in [1.29, 1.82) is 0 Å². The van der Waals surface area contributed by atoms with Gasteiger partial charge in [0.05, 0.1) is 7.11 Å². The molecule has 4 atom stereocenters. The van der Waals surface area contributed by atoms with Gasteiger partial charge in [0.15, 0.2) is 0 Å². The van der Waals surface area contributed by atoms with Crippen LogP contribution in [0.5, 0.6) is 0 Å². The van der Waals surface area contributed by atoms with Crippen molar-refractivity contribution in [2.45, 2.75) is 53.1 Å². The summed E-state index contributed by atoms with van der Waals surface area (Å²) in [6, 6.07) is -1.62. The van der Waals surface area contributed by atoms with E-state index in [1.807, 2.05) is 0 Å². The fraction of sp³-hybridized carbons (Fsp3) is 0.824. The number of ether oxygens (including phenoxy) is 1. The second-order valence-corrected chi connectivity index (χ2v) is 8.96. The Morgan fingerprint density at radius 1 is 1.32 bits per heavy atom. The molecule has 0 radical (unpaired) electrons. The molecule has 1 N–H and O–H groups in total. The standard InChI is InChI=1S/C17H26F2N2O3S/c1-16(2,3)11(20-13(25)12(18)19)14(22)21-7-8-9(17(8,4)5)10(21)15(23)24-6/h8-12H,7H2,1-6H3,(H,20,25)/t8-,9-,10-,11+/m0/s1. The molecule has 1 heterocycles. The molecule has 0 bridgehead atoms. The Morgan fingerprint density at radius 2 is 1.88 bits per heavy atom. The third kappa shape index (κ3) is 3.50. The maximum atomic E-state index is 13.1. The summed E-state index contributed by atoms with van der Waals surface area (Å²) < 4.78 is 30.6. The van der Waals surface area contributed by atoms with Crippen LogP contribution in [0.4, 0.5) is 8.78 Å². The maximum absolute atomic E-state index is 13.1. The molecule has 0 aromatic rings. The Kier molecular flexibility index (Phi) is 5.16. The lowest BCUT2D eigenvalue weighted by atomic mass is 9.85. The average molecular weight is 376 g/mol. The third-order valence-electron chi connectivity index (χ3n) is 5.53. The Bertz CT molecular complexity index is 589. The van der Waals surface area contributed by atoms with Crippen LogP contribution >= 0.6 is 12.2 Å². The van der Waals surface area contributed by atoms with Crippen LogP contribution in [0.15, 0.2) is 0 Å². The van der Waals surface area contributed by atoms with Crippen LogP contribution < -0.4 is 5.32 Å². The highest BCUT2D eigenvalue weighted by molar-refractivity contribution is 7.80. The van der Waals surface area contributed by atoms with Gasteiger partial charge in [0.2, 0.25) is 5.91 Å². The molecule has 0 aromatic carbocycles. The highest BCUT2D eigenvalue weighted by Crippen LogP contribution is 2.65. The highest BCUT2D eigenvalue weighted by atomic mass is 32.1. The monoisotopic (exact) mass is 376 g/mol. The summed E-state index contributed by atoms with van der Waals surface area (Å²) in [5.74, 6) is -0.612. The number of carbonyl (C=O) groups excluding carboxylic acids is 2. The number of fused-ring (bicyclic) bond motifs is 1. The summed E-state index contributed by atoms with van der Waals surface area (Å²) in [7, 11) is 1.29. The van der Waals surface area contributed by atoms with Crippen LogP contribution in [0.3, 0.4) is 0 Å². The van der Waals surface area contributed by atoms with Gasteiger partial charge in [-0.1, -0.05) is 46.8 Å². The molecule has 1 aliphatic heterocycles. The molecule has 2 rings (SSSR count). The molecular weight excluding hydrogens is 350 g/mol. The summed E-state index contributed by atoms with van der Waals surface area (Å²) in [6.45, 7) is 9.85. The van der Waals surface area contributed by atoms with Gasteiger partial charge >= 0.3 is 5.97 Å². The largest absolute Gasteiger partial charge is 0.467 e. The van der Waals surface area contributed by atoms with E-state index < -0.39 is 40.8 Å². The summed E-state index contributed by atoms with van der Waals surface area (Å²) >= 11 is 4.67. The van der Waals surface area contributed by atoms with Gasteiger partial charge in [-0.2, -0.15) is 0 Å². The Hall–Kier alpha value is -1.31. The molecular formula is C17H26F2N2O3S. The van der Waals surface area contributed by atoms with E-state index in [2.05, 4.69) is 31.4 Å². The van der Waals surface area contributed by atoms with Gasteiger partial charge in [-0.05, 0) is 16.7 Å². The topological polar surface area (TPSA) is 58.6 Å². The van der Waals surface area contributed by atoms with Gasteiger partial charge in [-0.3, -0.25) is 4.79 Å². The third-order valence-corrected chi connectivity index (χ3v) is 5.83. The van der Waals surface area contributed by atoms with E-state index in [1.54, 1.807) is 20.8 Å². The number of esters is 1. The first-order valence-corrected chi connectivity index (χ1v) is 8.71. The molecule has 1 saturated heterocycles. The molecule has 25 heavy (non-hydrogen) atoms. The van der Waals surface area contributed by atoms with E-state index in [0.29, 0.717) is 6.54 Å². The average Bonchev–Trinajstić information content (AvgIpc) is 2.87. The number of nitrogens with one attached hydrogen (secondary N) is 1. The Labute approximate surface area is 152 Å². The number of amides is 1. The van der Waals surface area contributed by atoms with Crippen molar-refractivity contribution in [1.82, 2.24) is 10.2 Å². The smallest absolute Gasteiger partial charge is 0.328 e. The first-order valence-electron chi connectivity index (χ1n) is 8.30. The predicted molar refractivity (Wildman–Crippen MR) is 93.3 cm³/mol. The van der Waals surface area contributed by atoms with Crippen molar-refractivity contribution in [3.05, 3.63) is 0 Å². The molecule has 1 aliphatic carbocycles. The Morgan fingerprint density at radius 3 is 2.32 bits per heavy atom. The molecule has 8 heteroatoms. The minimum atomic E-state index is -2.84. The van der Waals surface area contributed by atoms with Crippen molar-refractivity contribution < 1.29 is 23.1 Å². The van der Waals surface area contributed by atoms with Crippen molar-refractivity contribution in [3.63, 3.8) is 0 Å². The second kappa shape index (κ2) is 6.45. The van der Waals surface area contributed by atoms with Gasteiger partial charge in [0, 0.05) is 12.5 Å². The van der Waals surface area contributed by atoms with Gasteiger partial charge in [-0.15, -0.1) is 0 Å². The van der Waals surface area contributed by atoms with Crippen LogP contribution in [-0.4, -0.2) is 53.9 Å². The SMILES string of the molecule is COC(=O)[C@@H]1[C@@H]2[C@H](CN1C(=O)[C@@H](NC(=S)C(F)F)C(C)(C)C)C2(C)C. The van der Waals surface area contributed by atoms with Gasteiger partial charge in [0.25, 0.3) is 6.43 Å². The fourth-order valence-corrected chi connectivity index (χ4v) is 4.04. The minimum absolute atomic E-state index is 0.0292. The summed E-state index contributed by atoms with van der Waals surface area (Å²) in [5, 5.41) is 2.50. The lowest BCUT2D eigenvalue weighted by molar-refractivity contribution is -0.154.